The third kappa shape index (κ3) is 5.72. The number of ether oxygens (including phenoxy) is 1. The maximum absolute atomic E-state index is 7.19. The number of benzene rings is 9. The minimum absolute atomic E-state index is 0.533. The van der Waals surface area contributed by atoms with Gasteiger partial charge in [0, 0.05) is 56.7 Å². The van der Waals surface area contributed by atoms with Gasteiger partial charge in [0.1, 0.15) is 35.0 Å². The highest BCUT2D eigenvalue weighted by atomic mass is 16.5. The summed E-state index contributed by atoms with van der Waals surface area (Å²) in [4.78, 5) is 14.8. The lowest BCUT2D eigenvalue weighted by molar-refractivity contribution is 0.477. The number of furan rings is 2. The predicted molar refractivity (Wildman–Crippen MR) is 281 cm³/mol. The molecule has 0 spiro atoms. The number of pyridine rings is 1. The fourth-order valence-corrected chi connectivity index (χ4v) is 10.8. The van der Waals surface area contributed by atoms with Crippen LogP contribution in [0.5, 0.6) is 11.5 Å². The van der Waals surface area contributed by atoms with Crippen LogP contribution in [0.15, 0.2) is 227 Å². The summed E-state index contributed by atoms with van der Waals surface area (Å²) >= 11 is 0. The molecule has 0 fully saturated rings. The van der Waals surface area contributed by atoms with E-state index in [9.17, 15) is 0 Å². The summed E-state index contributed by atoms with van der Waals surface area (Å²) in [6.07, 6.45) is 1.81. The molecular weight excluding hydrogens is 865 g/mol. The Bertz CT molecular complexity index is 4320. The quantitative estimate of drug-likeness (QED) is 0.158. The second-order valence-corrected chi connectivity index (χ2v) is 17.8. The lowest BCUT2D eigenvalue weighted by atomic mass is 9.95. The smallest absolute Gasteiger partial charge is 0.221 e. The SMILES string of the molecule is c1ccc(-c2cccc(-c3ccccc3)c2N2CN(c3cc(Oc4ccc5c(c4)n(-c4ccccn4)c4nc6ccccc6n54)c4oc5ccc6oc7ccccc7c6c5c4c3)c3ccccc32)cc1. The molecule has 0 saturated carbocycles. The Balaban J connectivity index is 0.951. The molecule has 15 rings (SSSR count). The lowest BCUT2D eigenvalue weighted by Crippen LogP contribution is -2.25. The highest BCUT2D eigenvalue weighted by molar-refractivity contribution is 6.26. The molecular formula is C61H38N6O3. The zero-order valence-electron chi connectivity index (χ0n) is 37.4. The molecule has 9 nitrogen and oxygen atoms in total. The molecule has 0 amide bonds. The number of hydrogen-bond donors (Lipinski definition) is 0. The first-order chi connectivity index (χ1) is 34.7. The van der Waals surface area contributed by atoms with Gasteiger partial charge in [-0.15, -0.1) is 0 Å². The molecule has 1 aliphatic heterocycles. The molecule has 70 heavy (non-hydrogen) atoms. The molecule has 0 N–H and O–H groups in total. The van der Waals surface area contributed by atoms with Crippen molar-refractivity contribution in [3.63, 3.8) is 0 Å². The van der Waals surface area contributed by atoms with Crippen LogP contribution in [0.1, 0.15) is 0 Å². The number of para-hydroxylation sites is 6. The Labute approximate surface area is 399 Å². The molecule has 9 heteroatoms. The molecule has 9 aromatic carbocycles. The van der Waals surface area contributed by atoms with Crippen molar-refractivity contribution in [1.29, 1.82) is 0 Å². The van der Waals surface area contributed by atoms with Crippen molar-refractivity contribution < 1.29 is 13.6 Å². The third-order valence-corrected chi connectivity index (χ3v) is 13.8. The van der Waals surface area contributed by atoms with Gasteiger partial charge in [-0.25, -0.2) is 9.97 Å². The molecule has 0 bridgehead atoms. The van der Waals surface area contributed by atoms with Crippen LogP contribution in [-0.2, 0) is 0 Å². The summed E-state index contributed by atoms with van der Waals surface area (Å²) in [5.74, 6) is 2.75. The fourth-order valence-electron chi connectivity index (χ4n) is 10.8. The van der Waals surface area contributed by atoms with Crippen LogP contribution < -0.4 is 14.5 Å². The van der Waals surface area contributed by atoms with Crippen molar-refractivity contribution in [2.24, 2.45) is 0 Å². The standard InChI is InChI=1S/C61H38N6O3/c1-3-16-38(17-4-1)42-21-15-22-43(39-18-5-2-6-19-39)59(42)65-37-64(48-25-10-11-26-49(48)65)40-34-45-58-54(32-31-53-57(58)44-20-7-12-27-52(44)69-53)70-60(45)55(35-40)68-41-29-30-50-51(36-41)67(56-28-13-14-33-62-56)61-63-46-23-8-9-24-47(46)66(50)61/h1-36H,37H2. The van der Waals surface area contributed by atoms with Crippen LogP contribution >= 0.6 is 0 Å². The van der Waals surface area contributed by atoms with Gasteiger partial charge in [0.25, 0.3) is 0 Å². The van der Waals surface area contributed by atoms with Gasteiger partial charge in [-0.1, -0.05) is 127 Å². The number of anilines is 4. The van der Waals surface area contributed by atoms with Crippen LogP contribution in [0.4, 0.5) is 22.7 Å². The second-order valence-electron chi connectivity index (χ2n) is 17.8. The van der Waals surface area contributed by atoms with Crippen LogP contribution in [0, 0.1) is 0 Å². The van der Waals surface area contributed by atoms with Gasteiger partial charge in [0.15, 0.2) is 11.3 Å². The first-order valence-electron chi connectivity index (χ1n) is 23.4. The van der Waals surface area contributed by atoms with E-state index >= 15 is 0 Å². The van der Waals surface area contributed by atoms with Crippen molar-refractivity contribution in [2.45, 2.75) is 0 Å². The normalized spacial score (nSPS) is 12.7. The Morgan fingerprint density at radius 2 is 1.17 bits per heavy atom. The topological polar surface area (TPSA) is 77.1 Å². The highest BCUT2D eigenvalue weighted by Gasteiger charge is 2.33. The molecule has 0 saturated heterocycles. The first kappa shape index (κ1) is 38.5. The van der Waals surface area contributed by atoms with E-state index in [-0.39, 0.29) is 0 Å². The van der Waals surface area contributed by atoms with E-state index < -0.39 is 0 Å². The van der Waals surface area contributed by atoms with Crippen LogP contribution in [0.2, 0.25) is 0 Å². The van der Waals surface area contributed by atoms with Crippen molar-refractivity contribution >= 4 is 94.5 Å². The Morgan fingerprint density at radius 1 is 0.486 bits per heavy atom. The Hall–Kier alpha value is -9.60. The zero-order valence-corrected chi connectivity index (χ0v) is 37.4. The first-order valence-corrected chi connectivity index (χ1v) is 23.4. The second kappa shape index (κ2) is 15.0. The molecule has 0 atom stereocenters. The van der Waals surface area contributed by atoms with E-state index in [0.29, 0.717) is 23.8 Å². The maximum atomic E-state index is 7.19. The van der Waals surface area contributed by atoms with E-state index in [2.05, 4.69) is 164 Å². The van der Waals surface area contributed by atoms with Gasteiger partial charge in [0.05, 0.1) is 39.1 Å². The minimum Gasteiger partial charge on any atom is -0.456 e. The average Bonchev–Trinajstić information content (AvgIpc) is 4.24. The van der Waals surface area contributed by atoms with Crippen LogP contribution in [0.3, 0.4) is 0 Å². The van der Waals surface area contributed by atoms with Gasteiger partial charge in [-0.2, -0.15) is 0 Å². The van der Waals surface area contributed by atoms with E-state index in [1.54, 1.807) is 0 Å². The lowest BCUT2D eigenvalue weighted by Gasteiger charge is -2.27. The van der Waals surface area contributed by atoms with E-state index in [0.717, 1.165) is 117 Å². The zero-order chi connectivity index (χ0) is 45.9. The Kier molecular flexibility index (Phi) is 8.22. The van der Waals surface area contributed by atoms with E-state index in [1.807, 2.05) is 72.9 Å². The molecule has 14 aromatic rings. The van der Waals surface area contributed by atoms with Gasteiger partial charge in [0.2, 0.25) is 5.78 Å². The fraction of sp³-hybridized carbons (Fsp3) is 0.0164. The maximum Gasteiger partial charge on any atom is 0.221 e. The molecule has 6 heterocycles. The summed E-state index contributed by atoms with van der Waals surface area (Å²) in [7, 11) is 0. The van der Waals surface area contributed by atoms with Crippen molar-refractivity contribution in [1.82, 2.24) is 18.9 Å². The molecule has 0 unspecified atom stereocenters. The monoisotopic (exact) mass is 902 g/mol. The molecule has 330 valence electrons. The average molecular weight is 903 g/mol. The summed E-state index contributed by atoms with van der Waals surface area (Å²) in [6, 6.07) is 73.6. The van der Waals surface area contributed by atoms with E-state index in [1.165, 1.54) is 0 Å². The summed E-state index contributed by atoms with van der Waals surface area (Å²) in [5.41, 5.74) is 15.7. The van der Waals surface area contributed by atoms with Crippen molar-refractivity contribution in [2.75, 3.05) is 16.5 Å². The summed E-state index contributed by atoms with van der Waals surface area (Å²) < 4.78 is 24.9. The van der Waals surface area contributed by atoms with Crippen LogP contribution in [0.25, 0.3) is 99.8 Å². The van der Waals surface area contributed by atoms with Crippen molar-refractivity contribution in [3.8, 4) is 39.6 Å². The van der Waals surface area contributed by atoms with Gasteiger partial charge in [-0.05, 0) is 83.9 Å². The van der Waals surface area contributed by atoms with Gasteiger partial charge < -0.3 is 23.4 Å². The number of fused-ring (bicyclic) bond motifs is 13. The number of hydrogen-bond acceptors (Lipinski definition) is 7. The largest absolute Gasteiger partial charge is 0.456 e. The molecule has 1 aliphatic rings. The van der Waals surface area contributed by atoms with Crippen LogP contribution in [-0.4, -0.2) is 25.6 Å². The van der Waals surface area contributed by atoms with Crippen molar-refractivity contribution in [3.05, 3.63) is 219 Å². The highest BCUT2D eigenvalue weighted by Crippen LogP contribution is 2.52. The van der Waals surface area contributed by atoms with Gasteiger partial charge in [-0.3, -0.25) is 8.97 Å². The van der Waals surface area contributed by atoms with E-state index in [4.69, 9.17) is 23.5 Å². The number of aromatic nitrogens is 4. The minimum atomic E-state index is 0.533. The van der Waals surface area contributed by atoms with Gasteiger partial charge >= 0.3 is 0 Å². The number of nitrogens with zero attached hydrogens (tertiary/aromatic N) is 6. The predicted octanol–water partition coefficient (Wildman–Crippen LogP) is 16.0. The summed E-state index contributed by atoms with van der Waals surface area (Å²) in [5, 5.41) is 3.93. The number of imidazole rings is 2. The molecule has 0 aliphatic carbocycles. The Morgan fingerprint density at radius 3 is 1.96 bits per heavy atom. The molecule has 5 aromatic heterocycles. The summed E-state index contributed by atoms with van der Waals surface area (Å²) in [6.45, 7) is 0.533. The third-order valence-electron chi connectivity index (χ3n) is 13.8. The molecule has 0 radical (unpaired) electrons. The number of rotatable bonds is 7.